The van der Waals surface area contributed by atoms with Crippen molar-refractivity contribution in [3.05, 3.63) is 65.1 Å². The normalized spacial score (nSPS) is 30.2. The van der Waals surface area contributed by atoms with E-state index in [4.69, 9.17) is 5.11 Å². The molecule has 0 bridgehead atoms. The SMILES string of the molecule is CC1C=c2[nH]cnc2=CC1C1(C)C=CC(C2C=CC=CC2)=CC1.CCC(=O)O. The van der Waals surface area contributed by atoms with E-state index in [1.807, 2.05) is 0 Å². The molecule has 0 saturated heterocycles. The van der Waals surface area contributed by atoms with E-state index < -0.39 is 5.97 Å². The highest BCUT2D eigenvalue weighted by Gasteiger charge is 2.35. The smallest absolute Gasteiger partial charge is 0.303 e. The van der Waals surface area contributed by atoms with Crippen molar-refractivity contribution in [2.75, 3.05) is 0 Å². The van der Waals surface area contributed by atoms with Gasteiger partial charge in [0.05, 0.1) is 17.0 Å². The molecule has 4 heteroatoms. The van der Waals surface area contributed by atoms with Gasteiger partial charge in [0.1, 0.15) is 0 Å². The van der Waals surface area contributed by atoms with Gasteiger partial charge >= 0.3 is 5.97 Å². The van der Waals surface area contributed by atoms with Crippen molar-refractivity contribution in [3.8, 4) is 0 Å². The van der Waals surface area contributed by atoms with Gasteiger partial charge in [-0.1, -0.05) is 75.5 Å². The number of hydrogen-bond donors (Lipinski definition) is 2. The molecule has 3 aliphatic rings. The standard InChI is InChI=1S/C21H24N2.C3H6O2/c1-15-12-19-20(23-14-22-19)13-18(15)21(2)10-8-17(9-11-21)16-6-4-3-5-7-16;1-2-3(4)5/h3-6,8-10,12-16,18H,7,11H2,1-2H3,(H,22,23);2H2,1H3,(H,4,5). The third-order valence-electron chi connectivity index (χ3n) is 5.94. The van der Waals surface area contributed by atoms with Crippen molar-refractivity contribution in [2.45, 2.75) is 40.0 Å². The van der Waals surface area contributed by atoms with Gasteiger partial charge in [0.15, 0.2) is 0 Å². The van der Waals surface area contributed by atoms with Crippen molar-refractivity contribution < 1.29 is 9.90 Å². The molecule has 28 heavy (non-hydrogen) atoms. The van der Waals surface area contributed by atoms with Gasteiger partial charge < -0.3 is 10.1 Å². The summed E-state index contributed by atoms with van der Waals surface area (Å²) in [6.07, 6.45) is 25.1. The quantitative estimate of drug-likeness (QED) is 0.842. The van der Waals surface area contributed by atoms with Crippen LogP contribution in [-0.2, 0) is 4.79 Å². The molecule has 0 radical (unpaired) electrons. The average molecular weight is 379 g/mol. The van der Waals surface area contributed by atoms with Crippen LogP contribution in [0.5, 0.6) is 0 Å². The van der Waals surface area contributed by atoms with Crippen LogP contribution in [-0.4, -0.2) is 21.0 Å². The van der Waals surface area contributed by atoms with Crippen molar-refractivity contribution in [3.63, 3.8) is 0 Å². The van der Waals surface area contributed by atoms with Crippen LogP contribution in [0.3, 0.4) is 0 Å². The number of rotatable bonds is 3. The van der Waals surface area contributed by atoms with Gasteiger partial charge in [-0.25, -0.2) is 4.98 Å². The number of nitrogens with zero attached hydrogens (tertiary/aromatic N) is 1. The fourth-order valence-corrected chi connectivity index (χ4v) is 4.17. The summed E-state index contributed by atoms with van der Waals surface area (Å²) in [6.45, 7) is 6.30. The summed E-state index contributed by atoms with van der Waals surface area (Å²) < 4.78 is 0. The number of carboxylic acids is 1. The molecule has 4 unspecified atom stereocenters. The number of nitrogens with one attached hydrogen (secondary N) is 1. The number of carbonyl (C=O) groups is 1. The van der Waals surface area contributed by atoms with Crippen LogP contribution in [0.25, 0.3) is 12.2 Å². The van der Waals surface area contributed by atoms with Crippen LogP contribution in [0.2, 0.25) is 0 Å². The number of imidazole rings is 1. The summed E-state index contributed by atoms with van der Waals surface area (Å²) in [5.74, 6) is 0.822. The predicted molar refractivity (Wildman–Crippen MR) is 114 cm³/mol. The maximum atomic E-state index is 9.37. The first-order chi connectivity index (χ1) is 13.4. The minimum absolute atomic E-state index is 0.171. The van der Waals surface area contributed by atoms with E-state index in [9.17, 15) is 4.79 Å². The molecule has 4 rings (SSSR count). The molecule has 2 N–H and O–H groups in total. The highest BCUT2D eigenvalue weighted by molar-refractivity contribution is 5.66. The Morgan fingerprint density at radius 1 is 1.36 bits per heavy atom. The highest BCUT2D eigenvalue weighted by atomic mass is 16.4. The molecular formula is C24H30N2O2. The maximum absolute atomic E-state index is 9.37. The zero-order valence-corrected chi connectivity index (χ0v) is 16.9. The number of fused-ring (bicyclic) bond motifs is 1. The lowest BCUT2D eigenvalue weighted by Crippen LogP contribution is -2.38. The van der Waals surface area contributed by atoms with Crippen LogP contribution < -0.4 is 10.7 Å². The van der Waals surface area contributed by atoms with Crippen LogP contribution in [0.4, 0.5) is 0 Å². The molecule has 148 valence electrons. The third-order valence-corrected chi connectivity index (χ3v) is 5.94. The van der Waals surface area contributed by atoms with Gasteiger partial charge in [0, 0.05) is 12.3 Å². The molecule has 1 aromatic rings. The Hall–Kier alpha value is -2.62. The second kappa shape index (κ2) is 8.59. The first-order valence-electron chi connectivity index (χ1n) is 10.1. The first kappa shape index (κ1) is 20.1. The van der Waals surface area contributed by atoms with Crippen molar-refractivity contribution in [1.29, 1.82) is 0 Å². The number of H-pyrrole nitrogens is 1. The molecule has 1 aromatic heterocycles. The van der Waals surface area contributed by atoms with E-state index in [0.717, 1.165) is 18.2 Å². The Bertz CT molecular complexity index is 947. The minimum Gasteiger partial charge on any atom is -0.481 e. The molecule has 4 nitrogen and oxygen atoms in total. The van der Waals surface area contributed by atoms with E-state index in [1.54, 1.807) is 13.3 Å². The van der Waals surface area contributed by atoms with Gasteiger partial charge in [-0.3, -0.25) is 4.79 Å². The third kappa shape index (κ3) is 4.44. The fourth-order valence-electron chi connectivity index (χ4n) is 4.17. The molecule has 1 heterocycles. The number of aliphatic carboxylic acids is 1. The Morgan fingerprint density at radius 2 is 2.14 bits per heavy atom. The van der Waals surface area contributed by atoms with Gasteiger partial charge in [0.25, 0.3) is 0 Å². The summed E-state index contributed by atoms with van der Waals surface area (Å²) in [7, 11) is 0. The highest BCUT2D eigenvalue weighted by Crippen LogP contribution is 2.44. The number of carboxylic acid groups (broad SMARTS) is 1. The van der Waals surface area contributed by atoms with Gasteiger partial charge in [-0.2, -0.15) is 0 Å². The molecule has 0 fully saturated rings. The lowest BCUT2D eigenvalue weighted by atomic mass is 9.65. The Balaban J connectivity index is 0.000000403. The van der Waals surface area contributed by atoms with Gasteiger partial charge in [-0.05, 0) is 35.7 Å². The predicted octanol–water partition coefficient (Wildman–Crippen LogP) is 3.74. The average Bonchev–Trinajstić information content (AvgIpc) is 3.16. The molecule has 0 aliphatic heterocycles. The van der Waals surface area contributed by atoms with Gasteiger partial charge in [-0.15, -0.1) is 0 Å². The van der Waals surface area contributed by atoms with E-state index in [2.05, 4.69) is 78.5 Å². The van der Waals surface area contributed by atoms with E-state index in [0.29, 0.717) is 17.8 Å². The monoisotopic (exact) mass is 378 g/mol. The lowest BCUT2D eigenvalue weighted by molar-refractivity contribution is -0.136. The van der Waals surface area contributed by atoms with Crippen LogP contribution in [0.1, 0.15) is 40.0 Å². The Morgan fingerprint density at radius 3 is 2.75 bits per heavy atom. The van der Waals surface area contributed by atoms with E-state index >= 15 is 0 Å². The zero-order chi connectivity index (χ0) is 20.1. The second-order valence-corrected chi connectivity index (χ2v) is 8.07. The molecule has 0 aromatic carbocycles. The van der Waals surface area contributed by atoms with Gasteiger partial charge in [0.2, 0.25) is 0 Å². The summed E-state index contributed by atoms with van der Waals surface area (Å²) in [5, 5.41) is 10.0. The molecule has 4 atom stereocenters. The van der Waals surface area contributed by atoms with Crippen molar-refractivity contribution >= 4 is 18.1 Å². The summed E-state index contributed by atoms with van der Waals surface area (Å²) in [4.78, 5) is 17.1. The number of aromatic nitrogens is 2. The molecule has 3 aliphatic carbocycles. The number of aromatic amines is 1. The Labute approximate surface area is 166 Å². The molecule has 0 amide bonds. The minimum atomic E-state index is -0.745. The summed E-state index contributed by atoms with van der Waals surface area (Å²) >= 11 is 0. The molecule has 0 spiro atoms. The lowest BCUT2D eigenvalue weighted by Gasteiger charge is -2.39. The van der Waals surface area contributed by atoms with Crippen molar-refractivity contribution in [1.82, 2.24) is 9.97 Å². The zero-order valence-electron chi connectivity index (χ0n) is 16.9. The second-order valence-electron chi connectivity index (χ2n) is 8.07. The Kier molecular flexibility index (Phi) is 6.18. The van der Waals surface area contributed by atoms with Crippen molar-refractivity contribution in [2.24, 2.45) is 23.2 Å². The molecule has 0 saturated carbocycles. The van der Waals surface area contributed by atoms with Crippen LogP contribution in [0, 0.1) is 23.2 Å². The topological polar surface area (TPSA) is 66.0 Å². The fraction of sp³-hybridized carbons (Fsp3) is 0.417. The number of allylic oxidation sites excluding steroid dienone is 8. The van der Waals surface area contributed by atoms with Crippen LogP contribution >= 0.6 is 0 Å². The number of hydrogen-bond acceptors (Lipinski definition) is 2. The van der Waals surface area contributed by atoms with Crippen LogP contribution in [0.15, 0.2) is 54.4 Å². The first-order valence-corrected chi connectivity index (χ1v) is 10.1. The summed E-state index contributed by atoms with van der Waals surface area (Å²) in [6, 6.07) is 0. The largest absolute Gasteiger partial charge is 0.481 e. The molecular weight excluding hydrogens is 348 g/mol. The summed E-state index contributed by atoms with van der Waals surface area (Å²) in [5.41, 5.74) is 1.64. The van der Waals surface area contributed by atoms with E-state index in [-0.39, 0.29) is 11.8 Å². The maximum Gasteiger partial charge on any atom is 0.303 e. The van der Waals surface area contributed by atoms with E-state index in [1.165, 1.54) is 10.9 Å².